The van der Waals surface area contributed by atoms with Gasteiger partial charge in [-0.1, -0.05) is 42.5 Å². The number of rotatable bonds is 8. The summed E-state index contributed by atoms with van der Waals surface area (Å²) in [5, 5.41) is 13.7. The van der Waals surface area contributed by atoms with E-state index in [-0.39, 0.29) is 11.8 Å². The van der Waals surface area contributed by atoms with Crippen molar-refractivity contribution in [3.05, 3.63) is 101 Å². The fourth-order valence-corrected chi connectivity index (χ4v) is 4.79. The van der Waals surface area contributed by atoms with E-state index in [0.29, 0.717) is 56.8 Å². The minimum atomic E-state index is -0.755. The topological polar surface area (TPSA) is 116 Å². The Balaban J connectivity index is 1.62. The Bertz CT molecular complexity index is 1600. The number of hydrogen-bond acceptors (Lipinski definition) is 7. The molecule has 1 atom stereocenters. The van der Waals surface area contributed by atoms with Crippen molar-refractivity contribution in [3.63, 3.8) is 0 Å². The van der Waals surface area contributed by atoms with Crippen molar-refractivity contribution in [2.24, 2.45) is 0 Å². The zero-order valence-corrected chi connectivity index (χ0v) is 22.5. The van der Waals surface area contributed by atoms with Gasteiger partial charge in [-0.05, 0) is 37.3 Å². The predicted molar refractivity (Wildman–Crippen MR) is 152 cm³/mol. The highest BCUT2D eigenvalue weighted by Gasteiger charge is 2.37. The highest BCUT2D eigenvalue weighted by atomic mass is 16.5. The zero-order valence-electron chi connectivity index (χ0n) is 22.5. The summed E-state index contributed by atoms with van der Waals surface area (Å²) in [4.78, 5) is 27.2. The largest absolute Gasteiger partial charge is 0.495 e. The van der Waals surface area contributed by atoms with Gasteiger partial charge in [-0.2, -0.15) is 5.10 Å². The van der Waals surface area contributed by atoms with Crippen molar-refractivity contribution in [2.45, 2.75) is 13.0 Å². The van der Waals surface area contributed by atoms with E-state index in [1.165, 1.54) is 13.3 Å². The number of carbonyl (C=O) groups is 2. The maximum Gasteiger partial charge on any atom is 0.261 e. The van der Waals surface area contributed by atoms with Gasteiger partial charge in [0.1, 0.15) is 23.2 Å². The molecule has 3 aromatic carbocycles. The monoisotopic (exact) mass is 539 g/mol. The van der Waals surface area contributed by atoms with Gasteiger partial charge >= 0.3 is 0 Å². The van der Waals surface area contributed by atoms with Crippen LogP contribution < -0.4 is 30.2 Å². The lowest BCUT2D eigenvalue weighted by molar-refractivity contribution is -0.113. The molecule has 3 N–H and O–H groups in total. The maximum atomic E-state index is 13.9. The molecule has 0 bridgehead atoms. The van der Waals surface area contributed by atoms with Gasteiger partial charge in [0.25, 0.3) is 11.8 Å². The standard InChI is InChI=1S/C30H29N5O5/c1-18-25(30(37)34-22-14-8-9-15-23(22)38-2)26(20-13-10-16-24(39-3)27(20)40-4)35-28(32-18)21(17-31-35)29(36)33-19-11-6-5-7-12-19/h5-17,26,32H,1-4H3,(H,33,36)(H,34,37)/t26-/m1/s1. The number of methoxy groups -OCH3 is 3. The van der Waals surface area contributed by atoms with Crippen LogP contribution in [0.3, 0.4) is 0 Å². The van der Waals surface area contributed by atoms with Gasteiger partial charge in [0.2, 0.25) is 0 Å². The molecule has 5 rings (SSSR count). The zero-order chi connectivity index (χ0) is 28.2. The van der Waals surface area contributed by atoms with Crippen LogP contribution in [-0.4, -0.2) is 42.9 Å². The van der Waals surface area contributed by atoms with Crippen molar-refractivity contribution < 1.29 is 23.8 Å². The third-order valence-corrected chi connectivity index (χ3v) is 6.63. The number of ether oxygens (including phenoxy) is 3. The van der Waals surface area contributed by atoms with Crippen molar-refractivity contribution in [2.75, 3.05) is 37.3 Å². The van der Waals surface area contributed by atoms with Crippen LogP contribution >= 0.6 is 0 Å². The summed E-state index contributed by atoms with van der Waals surface area (Å²) >= 11 is 0. The predicted octanol–water partition coefficient (Wildman–Crippen LogP) is 5.09. The molecule has 10 heteroatoms. The first-order valence-corrected chi connectivity index (χ1v) is 12.5. The first kappa shape index (κ1) is 26.4. The minimum Gasteiger partial charge on any atom is -0.495 e. The van der Waals surface area contributed by atoms with Crippen molar-refractivity contribution in [1.29, 1.82) is 0 Å². The van der Waals surface area contributed by atoms with E-state index >= 15 is 0 Å². The number of fused-ring (bicyclic) bond motifs is 1. The molecular weight excluding hydrogens is 510 g/mol. The number of amides is 2. The summed E-state index contributed by atoms with van der Waals surface area (Å²) in [7, 11) is 4.63. The van der Waals surface area contributed by atoms with Crippen molar-refractivity contribution in [3.8, 4) is 17.2 Å². The molecule has 2 heterocycles. The van der Waals surface area contributed by atoms with Crippen LogP contribution in [0.5, 0.6) is 17.2 Å². The number of hydrogen-bond donors (Lipinski definition) is 3. The van der Waals surface area contributed by atoms with Gasteiger partial charge < -0.3 is 30.2 Å². The molecule has 1 aromatic heterocycles. The summed E-state index contributed by atoms with van der Waals surface area (Å²) in [6.45, 7) is 1.78. The Morgan fingerprint density at radius 1 is 0.825 bits per heavy atom. The van der Waals surface area contributed by atoms with E-state index in [1.54, 1.807) is 56.2 Å². The number of nitrogens with zero attached hydrogens (tertiary/aromatic N) is 2. The van der Waals surface area contributed by atoms with Crippen molar-refractivity contribution >= 4 is 29.0 Å². The van der Waals surface area contributed by atoms with E-state index in [1.807, 2.05) is 42.5 Å². The Kier molecular flexibility index (Phi) is 7.41. The van der Waals surface area contributed by atoms with Crippen LogP contribution in [-0.2, 0) is 4.79 Å². The van der Waals surface area contributed by atoms with Gasteiger partial charge in [0.05, 0.1) is 38.8 Å². The molecule has 204 valence electrons. The lowest BCUT2D eigenvalue weighted by Gasteiger charge is -2.31. The number of anilines is 3. The lowest BCUT2D eigenvalue weighted by atomic mass is 9.93. The Labute approximate surface area is 231 Å². The number of nitrogens with one attached hydrogen (secondary N) is 3. The van der Waals surface area contributed by atoms with Crippen LogP contribution in [0.4, 0.5) is 17.2 Å². The fraction of sp³-hybridized carbons (Fsp3) is 0.167. The molecule has 10 nitrogen and oxygen atoms in total. The smallest absolute Gasteiger partial charge is 0.261 e. The normalized spacial score (nSPS) is 14.1. The molecule has 0 fully saturated rings. The molecular formula is C30H29N5O5. The van der Waals surface area contributed by atoms with E-state index in [0.717, 1.165) is 0 Å². The molecule has 4 aromatic rings. The second kappa shape index (κ2) is 11.2. The SMILES string of the molecule is COc1ccccc1NC(=O)C1=C(C)Nc2c(C(=O)Nc3ccccc3)cnn2[C@@H]1c1cccc(OC)c1OC. The van der Waals surface area contributed by atoms with Crippen molar-refractivity contribution in [1.82, 2.24) is 9.78 Å². The molecule has 0 radical (unpaired) electrons. The third kappa shape index (κ3) is 4.82. The highest BCUT2D eigenvalue weighted by molar-refractivity contribution is 6.10. The van der Waals surface area contributed by atoms with Crippen LogP contribution in [0, 0.1) is 0 Å². The van der Waals surface area contributed by atoms with Gasteiger partial charge in [-0.3, -0.25) is 9.59 Å². The summed E-state index contributed by atoms with van der Waals surface area (Å²) < 4.78 is 18.3. The summed E-state index contributed by atoms with van der Waals surface area (Å²) in [6, 6.07) is 21.0. The number of benzene rings is 3. The van der Waals surface area contributed by atoms with E-state index < -0.39 is 6.04 Å². The number of allylic oxidation sites excluding steroid dienone is 1. The molecule has 40 heavy (non-hydrogen) atoms. The second-order valence-corrected chi connectivity index (χ2v) is 8.97. The first-order chi connectivity index (χ1) is 19.5. The average molecular weight is 540 g/mol. The molecule has 0 aliphatic carbocycles. The van der Waals surface area contributed by atoms with Crippen LogP contribution in [0.25, 0.3) is 0 Å². The first-order valence-electron chi connectivity index (χ1n) is 12.5. The van der Waals surface area contributed by atoms with E-state index in [2.05, 4.69) is 21.0 Å². The molecule has 0 spiro atoms. The van der Waals surface area contributed by atoms with Crippen LogP contribution in [0.1, 0.15) is 28.9 Å². The lowest BCUT2D eigenvalue weighted by Crippen LogP contribution is -2.32. The Morgan fingerprint density at radius 2 is 1.52 bits per heavy atom. The molecule has 1 aliphatic heterocycles. The quantitative estimate of drug-likeness (QED) is 0.286. The van der Waals surface area contributed by atoms with Gasteiger partial charge in [0.15, 0.2) is 11.5 Å². The average Bonchev–Trinajstić information content (AvgIpc) is 3.40. The van der Waals surface area contributed by atoms with Gasteiger partial charge in [0, 0.05) is 16.9 Å². The number of aromatic nitrogens is 2. The van der Waals surface area contributed by atoms with Gasteiger partial charge in [-0.25, -0.2) is 4.68 Å². The third-order valence-electron chi connectivity index (χ3n) is 6.63. The fourth-order valence-electron chi connectivity index (χ4n) is 4.79. The number of carbonyl (C=O) groups excluding carboxylic acids is 2. The van der Waals surface area contributed by atoms with Crippen LogP contribution in [0.2, 0.25) is 0 Å². The molecule has 1 aliphatic rings. The Hall–Kier alpha value is -5.25. The van der Waals surface area contributed by atoms with Gasteiger partial charge in [-0.15, -0.1) is 0 Å². The van der Waals surface area contributed by atoms with Crippen LogP contribution in [0.15, 0.2) is 90.3 Å². The highest BCUT2D eigenvalue weighted by Crippen LogP contribution is 2.44. The maximum absolute atomic E-state index is 13.9. The summed E-state index contributed by atoms with van der Waals surface area (Å²) in [6.07, 6.45) is 1.48. The molecule has 0 saturated heterocycles. The van der Waals surface area contributed by atoms with E-state index in [4.69, 9.17) is 14.2 Å². The minimum absolute atomic E-state index is 0.319. The summed E-state index contributed by atoms with van der Waals surface area (Å²) in [5.41, 5.74) is 3.04. The van der Waals surface area contributed by atoms with E-state index in [9.17, 15) is 9.59 Å². The molecule has 0 saturated carbocycles. The molecule has 0 unspecified atom stereocenters. The second-order valence-electron chi connectivity index (χ2n) is 8.97. The molecule has 2 amide bonds. The Morgan fingerprint density at radius 3 is 2.25 bits per heavy atom. The number of para-hydroxylation sites is 4. The summed E-state index contributed by atoms with van der Waals surface area (Å²) in [5.74, 6) is 1.19.